The van der Waals surface area contributed by atoms with Gasteiger partial charge in [0.2, 0.25) is 5.91 Å². The molecule has 1 aliphatic rings. The third-order valence-electron chi connectivity index (χ3n) is 3.74. The molecular weight excluding hydrogens is 279 g/mol. The van der Waals surface area contributed by atoms with Crippen molar-refractivity contribution < 1.29 is 9.18 Å². The topological polar surface area (TPSA) is 46.3 Å². The zero-order chi connectivity index (χ0) is 13.7. The van der Waals surface area contributed by atoms with Crippen LogP contribution in [0.5, 0.6) is 0 Å². The number of benzene rings is 1. The van der Waals surface area contributed by atoms with Crippen LogP contribution < -0.4 is 5.73 Å². The lowest BCUT2D eigenvalue weighted by Gasteiger charge is -2.32. The average molecular weight is 301 g/mol. The molecule has 1 heterocycles. The lowest BCUT2D eigenvalue weighted by atomic mass is 9.90. The molecular formula is C15H22ClFN2O. The van der Waals surface area contributed by atoms with Gasteiger partial charge in [-0.05, 0) is 42.9 Å². The maximum atomic E-state index is 13.1. The summed E-state index contributed by atoms with van der Waals surface area (Å²) in [5.74, 6) is 0.531. The van der Waals surface area contributed by atoms with Crippen LogP contribution >= 0.6 is 12.4 Å². The van der Waals surface area contributed by atoms with E-state index in [0.717, 1.165) is 37.9 Å². The first-order valence-electron chi connectivity index (χ1n) is 6.91. The Morgan fingerprint density at radius 3 is 2.65 bits per heavy atom. The molecule has 20 heavy (non-hydrogen) atoms. The van der Waals surface area contributed by atoms with Gasteiger partial charge in [0.25, 0.3) is 0 Å². The normalized spacial score (nSPS) is 15.8. The van der Waals surface area contributed by atoms with E-state index >= 15 is 0 Å². The lowest BCUT2D eigenvalue weighted by molar-refractivity contribution is -0.132. The first-order valence-corrected chi connectivity index (χ1v) is 6.91. The Kier molecular flexibility index (Phi) is 6.96. The Morgan fingerprint density at radius 1 is 1.35 bits per heavy atom. The van der Waals surface area contributed by atoms with Gasteiger partial charge >= 0.3 is 0 Å². The molecule has 1 aliphatic heterocycles. The number of amides is 1. The van der Waals surface area contributed by atoms with E-state index in [1.807, 2.05) is 11.0 Å². The number of piperidine rings is 1. The second kappa shape index (κ2) is 8.22. The molecule has 0 aliphatic carbocycles. The van der Waals surface area contributed by atoms with Gasteiger partial charge in [-0.2, -0.15) is 0 Å². The molecule has 1 saturated heterocycles. The maximum absolute atomic E-state index is 13.1. The second-order valence-electron chi connectivity index (χ2n) is 5.20. The lowest BCUT2D eigenvalue weighted by Crippen LogP contribution is -2.39. The van der Waals surface area contributed by atoms with E-state index in [2.05, 4.69) is 0 Å². The summed E-state index contributed by atoms with van der Waals surface area (Å²) in [6, 6.07) is 6.79. The highest BCUT2D eigenvalue weighted by Gasteiger charge is 2.22. The summed E-state index contributed by atoms with van der Waals surface area (Å²) in [6.45, 7) is 2.03. The highest BCUT2D eigenvalue weighted by Crippen LogP contribution is 2.22. The third-order valence-corrected chi connectivity index (χ3v) is 3.74. The van der Waals surface area contributed by atoms with E-state index < -0.39 is 0 Å². The summed E-state index contributed by atoms with van der Waals surface area (Å²) in [6.07, 6.45) is 3.32. The minimum absolute atomic E-state index is 0. The van der Waals surface area contributed by atoms with Crippen molar-refractivity contribution in [3.63, 3.8) is 0 Å². The first-order chi connectivity index (χ1) is 9.19. The fraction of sp³-hybridized carbons (Fsp3) is 0.533. The number of rotatable bonds is 4. The van der Waals surface area contributed by atoms with Crippen molar-refractivity contribution in [3.05, 3.63) is 35.6 Å². The van der Waals surface area contributed by atoms with Crippen molar-refractivity contribution in [2.45, 2.75) is 25.7 Å². The number of hydrogen-bond donors (Lipinski definition) is 1. The van der Waals surface area contributed by atoms with Crippen LogP contribution in [-0.2, 0) is 11.2 Å². The molecule has 2 rings (SSSR count). The predicted octanol–water partition coefficient (Wildman–Crippen LogP) is 2.38. The van der Waals surface area contributed by atoms with E-state index in [0.29, 0.717) is 18.9 Å². The van der Waals surface area contributed by atoms with E-state index in [9.17, 15) is 9.18 Å². The zero-order valence-electron chi connectivity index (χ0n) is 11.6. The summed E-state index contributed by atoms with van der Waals surface area (Å²) < 4.78 is 13.1. The maximum Gasteiger partial charge on any atom is 0.223 e. The van der Waals surface area contributed by atoms with E-state index in [4.69, 9.17) is 5.73 Å². The molecule has 0 spiro atoms. The highest BCUT2D eigenvalue weighted by atomic mass is 35.5. The van der Waals surface area contributed by atoms with Crippen molar-refractivity contribution in [1.82, 2.24) is 4.90 Å². The van der Waals surface area contributed by atoms with Crippen molar-refractivity contribution in [2.24, 2.45) is 11.7 Å². The van der Waals surface area contributed by atoms with E-state index in [-0.39, 0.29) is 24.1 Å². The summed E-state index contributed by atoms with van der Waals surface area (Å²) in [4.78, 5) is 13.6. The number of carbonyl (C=O) groups is 1. The summed E-state index contributed by atoms with van der Waals surface area (Å²) in [5.41, 5.74) is 6.44. The Labute approximate surface area is 125 Å². The van der Waals surface area contributed by atoms with Gasteiger partial charge in [0.1, 0.15) is 5.82 Å². The number of nitrogens with zero attached hydrogens (tertiary/aromatic N) is 1. The molecule has 1 amide bonds. The van der Waals surface area contributed by atoms with Crippen molar-refractivity contribution in [3.8, 4) is 0 Å². The van der Waals surface area contributed by atoms with Gasteiger partial charge in [-0.1, -0.05) is 12.1 Å². The molecule has 0 saturated carbocycles. The van der Waals surface area contributed by atoms with Crippen LogP contribution in [-0.4, -0.2) is 30.4 Å². The molecule has 1 fully saturated rings. The summed E-state index contributed by atoms with van der Waals surface area (Å²) >= 11 is 0. The van der Waals surface area contributed by atoms with Crippen LogP contribution in [0.25, 0.3) is 0 Å². The first kappa shape index (κ1) is 16.9. The van der Waals surface area contributed by atoms with Gasteiger partial charge in [-0.15, -0.1) is 12.4 Å². The Balaban J connectivity index is 0.00000200. The van der Waals surface area contributed by atoms with Crippen LogP contribution in [0.4, 0.5) is 4.39 Å². The van der Waals surface area contributed by atoms with E-state index in [1.165, 1.54) is 6.07 Å². The SMILES string of the molecule is Cl.NCCC(=O)N1CCC(Cc2cccc(F)c2)CC1. The molecule has 1 aromatic carbocycles. The molecule has 5 heteroatoms. The average Bonchev–Trinajstić information content (AvgIpc) is 2.40. The molecule has 0 radical (unpaired) electrons. The number of carbonyl (C=O) groups excluding carboxylic acids is 1. The smallest absolute Gasteiger partial charge is 0.223 e. The molecule has 112 valence electrons. The predicted molar refractivity (Wildman–Crippen MR) is 80.3 cm³/mol. The van der Waals surface area contributed by atoms with Gasteiger partial charge in [-0.3, -0.25) is 4.79 Å². The molecule has 0 atom stereocenters. The van der Waals surface area contributed by atoms with E-state index in [1.54, 1.807) is 12.1 Å². The van der Waals surface area contributed by atoms with Crippen LogP contribution in [0.1, 0.15) is 24.8 Å². The van der Waals surface area contributed by atoms with Gasteiger partial charge in [0.05, 0.1) is 0 Å². The van der Waals surface area contributed by atoms with Gasteiger partial charge in [0.15, 0.2) is 0 Å². The minimum atomic E-state index is -0.173. The van der Waals surface area contributed by atoms with Crippen LogP contribution in [0, 0.1) is 11.7 Å². The number of nitrogens with two attached hydrogens (primary N) is 1. The zero-order valence-corrected chi connectivity index (χ0v) is 12.4. The molecule has 1 aromatic rings. The summed E-state index contributed by atoms with van der Waals surface area (Å²) in [7, 11) is 0. The molecule has 0 bridgehead atoms. The number of halogens is 2. The standard InChI is InChI=1S/C15H21FN2O.ClH/c16-14-3-1-2-13(11-14)10-12-5-8-18(9-6-12)15(19)4-7-17;/h1-3,11-12H,4-10,17H2;1H. The van der Waals surface area contributed by atoms with Gasteiger partial charge in [0, 0.05) is 26.1 Å². The second-order valence-corrected chi connectivity index (χ2v) is 5.20. The largest absolute Gasteiger partial charge is 0.343 e. The fourth-order valence-electron chi connectivity index (χ4n) is 2.67. The molecule has 2 N–H and O–H groups in total. The molecule has 0 aromatic heterocycles. The van der Waals surface area contributed by atoms with Crippen LogP contribution in [0.2, 0.25) is 0 Å². The molecule has 3 nitrogen and oxygen atoms in total. The van der Waals surface area contributed by atoms with Crippen molar-refractivity contribution in [2.75, 3.05) is 19.6 Å². The van der Waals surface area contributed by atoms with Gasteiger partial charge in [-0.25, -0.2) is 4.39 Å². The number of hydrogen-bond acceptors (Lipinski definition) is 2. The fourth-order valence-corrected chi connectivity index (χ4v) is 2.67. The van der Waals surface area contributed by atoms with Gasteiger partial charge < -0.3 is 10.6 Å². The highest BCUT2D eigenvalue weighted by molar-refractivity contribution is 5.85. The van der Waals surface area contributed by atoms with Crippen molar-refractivity contribution >= 4 is 18.3 Å². The molecule has 0 unspecified atom stereocenters. The Morgan fingerprint density at radius 2 is 2.05 bits per heavy atom. The Bertz CT molecular complexity index is 434. The third kappa shape index (κ3) is 4.76. The summed E-state index contributed by atoms with van der Waals surface area (Å²) in [5, 5.41) is 0. The van der Waals surface area contributed by atoms with Crippen LogP contribution in [0.3, 0.4) is 0 Å². The quantitative estimate of drug-likeness (QED) is 0.928. The number of likely N-dealkylation sites (tertiary alicyclic amines) is 1. The van der Waals surface area contributed by atoms with Crippen LogP contribution in [0.15, 0.2) is 24.3 Å². The monoisotopic (exact) mass is 300 g/mol. The minimum Gasteiger partial charge on any atom is -0.343 e. The Hall–Kier alpha value is -1.13. The van der Waals surface area contributed by atoms with Crippen molar-refractivity contribution in [1.29, 1.82) is 0 Å².